The predicted octanol–water partition coefficient (Wildman–Crippen LogP) is 2.03. The van der Waals surface area contributed by atoms with Crippen molar-refractivity contribution >= 4 is 28.7 Å². The molecule has 1 saturated carbocycles. The number of nitrogens with two attached hydrogens (primary N) is 1. The van der Waals surface area contributed by atoms with Crippen molar-refractivity contribution in [2.45, 2.75) is 38.1 Å². The zero-order valence-electron chi connectivity index (χ0n) is 8.54. The highest BCUT2D eigenvalue weighted by Crippen LogP contribution is 2.22. The molecule has 0 saturated heterocycles. The molecule has 0 aromatic carbocycles. The highest BCUT2D eigenvalue weighted by molar-refractivity contribution is 14.1. The van der Waals surface area contributed by atoms with Gasteiger partial charge >= 0.3 is 6.09 Å². The molecule has 1 aliphatic carbocycles. The summed E-state index contributed by atoms with van der Waals surface area (Å²) in [5.74, 6) is 7.78. The Kier molecular flexibility index (Phi) is 5.79. The van der Waals surface area contributed by atoms with Crippen molar-refractivity contribution in [1.82, 2.24) is 4.90 Å². The van der Waals surface area contributed by atoms with Crippen LogP contribution in [0.25, 0.3) is 0 Å². The van der Waals surface area contributed by atoms with Crippen molar-refractivity contribution in [3.8, 4) is 9.85 Å². The van der Waals surface area contributed by atoms with Gasteiger partial charge in [0.25, 0.3) is 0 Å². The maximum Gasteiger partial charge on any atom is 0.429 e. The summed E-state index contributed by atoms with van der Waals surface area (Å²) in [5.41, 5.74) is 0. The van der Waals surface area contributed by atoms with E-state index in [2.05, 4.69) is 14.7 Å². The third kappa shape index (κ3) is 3.87. The van der Waals surface area contributed by atoms with Gasteiger partial charge < -0.3 is 4.84 Å². The van der Waals surface area contributed by atoms with Gasteiger partial charge in [0.1, 0.15) is 0 Å². The first-order chi connectivity index (χ1) is 7.29. The SMILES string of the molecule is NOC(=O)N(CC#CI)C1CCCCC1. The smallest absolute Gasteiger partial charge is 0.357 e. The largest absolute Gasteiger partial charge is 0.429 e. The van der Waals surface area contributed by atoms with Crippen LogP contribution in [-0.4, -0.2) is 23.6 Å². The van der Waals surface area contributed by atoms with Gasteiger partial charge in [-0.05, 0) is 16.8 Å². The first-order valence-corrected chi connectivity index (χ1v) is 6.13. The molecule has 0 radical (unpaired) electrons. The highest BCUT2D eigenvalue weighted by atomic mass is 127. The van der Waals surface area contributed by atoms with Crippen LogP contribution in [0.2, 0.25) is 0 Å². The summed E-state index contributed by atoms with van der Waals surface area (Å²) in [6, 6.07) is 0.243. The highest BCUT2D eigenvalue weighted by Gasteiger charge is 2.25. The van der Waals surface area contributed by atoms with Gasteiger partial charge in [0, 0.05) is 28.6 Å². The molecule has 5 heteroatoms. The molecule has 0 aromatic rings. The molecule has 1 rings (SSSR count). The van der Waals surface area contributed by atoms with Gasteiger partial charge in [0.15, 0.2) is 0 Å². The Hall–Kier alpha value is -0.480. The lowest BCUT2D eigenvalue weighted by atomic mass is 9.94. The molecule has 1 aliphatic rings. The normalized spacial score (nSPS) is 16.4. The second-order valence-corrected chi connectivity index (χ2v) is 4.11. The van der Waals surface area contributed by atoms with Crippen LogP contribution in [0.1, 0.15) is 32.1 Å². The minimum atomic E-state index is -0.471. The molecular formula is C10H15IN2O2. The fourth-order valence-electron chi connectivity index (χ4n) is 1.92. The maximum atomic E-state index is 11.4. The van der Waals surface area contributed by atoms with E-state index >= 15 is 0 Å². The standard InChI is InChI=1S/C10H15IN2O2/c11-7-4-8-13(10(14)15-12)9-5-2-1-3-6-9/h9H,1-3,5-6,8,12H2. The zero-order valence-corrected chi connectivity index (χ0v) is 10.7. The Morgan fingerprint density at radius 2 is 2.13 bits per heavy atom. The molecule has 2 N–H and O–H groups in total. The lowest BCUT2D eigenvalue weighted by Gasteiger charge is -2.31. The molecule has 0 heterocycles. The van der Waals surface area contributed by atoms with E-state index in [4.69, 9.17) is 5.90 Å². The van der Waals surface area contributed by atoms with Gasteiger partial charge in [0.05, 0.1) is 6.54 Å². The number of rotatable bonds is 2. The molecule has 0 bridgehead atoms. The van der Waals surface area contributed by atoms with Crippen molar-refractivity contribution < 1.29 is 9.63 Å². The van der Waals surface area contributed by atoms with Crippen LogP contribution in [0.15, 0.2) is 0 Å². The van der Waals surface area contributed by atoms with Crippen molar-refractivity contribution in [3.63, 3.8) is 0 Å². The Labute approximate surface area is 104 Å². The topological polar surface area (TPSA) is 55.6 Å². The minimum absolute atomic E-state index is 0.243. The summed E-state index contributed by atoms with van der Waals surface area (Å²) >= 11 is 1.96. The number of nitrogens with zero attached hydrogens (tertiary/aromatic N) is 1. The van der Waals surface area contributed by atoms with E-state index in [1.165, 1.54) is 6.42 Å². The van der Waals surface area contributed by atoms with E-state index in [1.54, 1.807) is 4.90 Å². The third-order valence-corrected chi connectivity index (χ3v) is 3.05. The molecule has 1 fully saturated rings. The second-order valence-electron chi connectivity index (χ2n) is 3.57. The summed E-state index contributed by atoms with van der Waals surface area (Å²) in [4.78, 5) is 17.3. The quantitative estimate of drug-likeness (QED) is 0.481. The number of halogens is 1. The van der Waals surface area contributed by atoms with Crippen LogP contribution >= 0.6 is 22.6 Å². The summed E-state index contributed by atoms with van der Waals surface area (Å²) in [6.45, 7) is 0.406. The van der Waals surface area contributed by atoms with Gasteiger partial charge in [-0.3, -0.25) is 4.90 Å². The van der Waals surface area contributed by atoms with Gasteiger partial charge in [-0.15, -0.1) is 0 Å². The van der Waals surface area contributed by atoms with E-state index in [-0.39, 0.29) is 6.04 Å². The molecule has 0 spiro atoms. The number of hydrogen-bond acceptors (Lipinski definition) is 3. The second kappa shape index (κ2) is 6.90. The number of carbonyl (C=O) groups excluding carboxylic acids is 1. The third-order valence-electron chi connectivity index (χ3n) is 2.67. The predicted molar refractivity (Wildman–Crippen MR) is 66.0 cm³/mol. The van der Waals surface area contributed by atoms with Crippen LogP contribution in [0.5, 0.6) is 0 Å². The van der Waals surface area contributed by atoms with Crippen molar-refractivity contribution in [2.75, 3.05) is 6.54 Å². The minimum Gasteiger partial charge on any atom is -0.357 e. The Balaban J connectivity index is 2.59. The van der Waals surface area contributed by atoms with Gasteiger partial charge in [-0.2, -0.15) is 5.90 Å². The van der Waals surface area contributed by atoms with Gasteiger partial charge in [-0.25, -0.2) is 4.79 Å². The Bertz CT molecular complexity index is 266. The lowest BCUT2D eigenvalue weighted by molar-refractivity contribution is 0.0836. The Morgan fingerprint density at radius 1 is 1.47 bits per heavy atom. The molecule has 0 atom stereocenters. The first kappa shape index (κ1) is 12.6. The fraction of sp³-hybridized carbons (Fsp3) is 0.700. The van der Waals surface area contributed by atoms with Crippen molar-refractivity contribution in [3.05, 3.63) is 0 Å². The van der Waals surface area contributed by atoms with Crippen LogP contribution in [0.4, 0.5) is 4.79 Å². The van der Waals surface area contributed by atoms with E-state index in [1.807, 2.05) is 22.6 Å². The summed E-state index contributed by atoms with van der Waals surface area (Å²) in [7, 11) is 0. The molecule has 84 valence electrons. The summed E-state index contributed by atoms with van der Waals surface area (Å²) < 4.78 is 2.75. The first-order valence-electron chi connectivity index (χ1n) is 5.05. The summed E-state index contributed by atoms with van der Waals surface area (Å²) in [5, 5.41) is 0. The van der Waals surface area contributed by atoms with Gasteiger partial charge in [-0.1, -0.05) is 25.2 Å². The van der Waals surface area contributed by atoms with Gasteiger partial charge in [0.2, 0.25) is 0 Å². The molecule has 0 aliphatic heterocycles. The molecule has 15 heavy (non-hydrogen) atoms. The van der Waals surface area contributed by atoms with E-state index in [0.29, 0.717) is 6.54 Å². The molecule has 1 amide bonds. The Morgan fingerprint density at radius 3 is 2.67 bits per heavy atom. The van der Waals surface area contributed by atoms with Crippen LogP contribution in [0, 0.1) is 9.85 Å². The van der Waals surface area contributed by atoms with Crippen LogP contribution in [0.3, 0.4) is 0 Å². The molecule has 0 unspecified atom stereocenters. The molecule has 4 nitrogen and oxygen atoms in total. The average Bonchev–Trinajstić information content (AvgIpc) is 2.30. The number of carbonyl (C=O) groups is 1. The number of hydrogen-bond donors (Lipinski definition) is 1. The monoisotopic (exact) mass is 322 g/mol. The molecule has 0 aromatic heterocycles. The average molecular weight is 322 g/mol. The van der Waals surface area contributed by atoms with E-state index < -0.39 is 6.09 Å². The van der Waals surface area contributed by atoms with Crippen LogP contribution in [-0.2, 0) is 4.84 Å². The van der Waals surface area contributed by atoms with E-state index in [9.17, 15) is 4.79 Å². The van der Waals surface area contributed by atoms with Crippen molar-refractivity contribution in [1.29, 1.82) is 0 Å². The maximum absolute atomic E-state index is 11.4. The summed E-state index contributed by atoms with van der Waals surface area (Å²) in [6.07, 6.45) is 5.16. The van der Waals surface area contributed by atoms with Crippen molar-refractivity contribution in [2.24, 2.45) is 5.90 Å². The lowest BCUT2D eigenvalue weighted by Crippen LogP contribution is -2.42. The molecular weight excluding hydrogens is 307 g/mol. The fourth-order valence-corrected chi connectivity index (χ4v) is 2.09. The number of amides is 1. The van der Waals surface area contributed by atoms with E-state index in [0.717, 1.165) is 25.7 Å². The van der Waals surface area contributed by atoms with Crippen LogP contribution < -0.4 is 5.90 Å². The zero-order chi connectivity index (χ0) is 11.1.